The molecule has 0 aromatic rings. The number of piperazine rings is 1. The second-order valence-corrected chi connectivity index (χ2v) is 5.56. The lowest BCUT2D eigenvalue weighted by molar-refractivity contribution is -0.137. The molecule has 0 atom stereocenters. The molecule has 0 aromatic carbocycles. The summed E-state index contributed by atoms with van der Waals surface area (Å²) in [5, 5.41) is 8.68. The van der Waals surface area contributed by atoms with Gasteiger partial charge in [-0.15, -0.1) is 0 Å². The quantitative estimate of drug-likeness (QED) is 0.776. The van der Waals surface area contributed by atoms with Crippen LogP contribution in [0.5, 0.6) is 0 Å². The zero-order chi connectivity index (χ0) is 13.0. The Hall–Kier alpha value is -0.650. The molecule has 2 saturated heterocycles. The highest BCUT2D eigenvalue weighted by atomic mass is 16.4. The van der Waals surface area contributed by atoms with Crippen molar-refractivity contribution in [3.8, 4) is 0 Å². The fourth-order valence-corrected chi connectivity index (χ4v) is 2.97. The third-order valence-corrected chi connectivity index (χ3v) is 4.25. The van der Waals surface area contributed by atoms with Gasteiger partial charge in [-0.3, -0.25) is 9.69 Å². The molecule has 0 unspecified atom stereocenters. The number of carbonyl (C=O) groups is 1. The van der Waals surface area contributed by atoms with Crippen molar-refractivity contribution in [3.63, 3.8) is 0 Å². The van der Waals surface area contributed by atoms with Crippen LogP contribution < -0.4 is 0 Å². The Morgan fingerprint density at radius 3 is 2.28 bits per heavy atom. The predicted molar refractivity (Wildman–Crippen MR) is 70.8 cm³/mol. The fraction of sp³-hybridized carbons (Fsp3) is 0.923. The molecular formula is C13H25N3O2. The van der Waals surface area contributed by atoms with Gasteiger partial charge in [-0.05, 0) is 33.0 Å². The molecule has 0 saturated carbocycles. The number of carboxylic acid groups (broad SMARTS) is 1. The molecule has 1 N–H and O–H groups in total. The second kappa shape index (κ2) is 6.50. The van der Waals surface area contributed by atoms with E-state index in [0.717, 1.165) is 32.2 Å². The zero-order valence-corrected chi connectivity index (χ0v) is 11.3. The van der Waals surface area contributed by atoms with Gasteiger partial charge in [0.2, 0.25) is 0 Å². The van der Waals surface area contributed by atoms with E-state index in [1.807, 2.05) is 0 Å². The lowest BCUT2D eigenvalue weighted by atomic mass is 10.0. The van der Waals surface area contributed by atoms with Crippen LogP contribution in [-0.4, -0.2) is 84.7 Å². The van der Waals surface area contributed by atoms with Crippen molar-refractivity contribution in [1.29, 1.82) is 0 Å². The number of aliphatic carboxylic acids is 1. The first-order valence-corrected chi connectivity index (χ1v) is 7.02. The summed E-state index contributed by atoms with van der Waals surface area (Å²) in [6.45, 7) is 7.39. The lowest BCUT2D eigenvalue weighted by Gasteiger charge is -2.42. The molecule has 5 nitrogen and oxygen atoms in total. The molecule has 5 heteroatoms. The van der Waals surface area contributed by atoms with Gasteiger partial charge in [0.25, 0.3) is 0 Å². The second-order valence-electron chi connectivity index (χ2n) is 5.56. The van der Waals surface area contributed by atoms with Crippen LogP contribution in [0.1, 0.15) is 19.3 Å². The van der Waals surface area contributed by atoms with Gasteiger partial charge in [0.05, 0.1) is 6.42 Å². The van der Waals surface area contributed by atoms with Crippen LogP contribution >= 0.6 is 0 Å². The third kappa shape index (κ3) is 3.93. The van der Waals surface area contributed by atoms with Gasteiger partial charge >= 0.3 is 5.97 Å². The number of likely N-dealkylation sites (tertiary alicyclic amines) is 1. The minimum Gasteiger partial charge on any atom is -0.481 e. The van der Waals surface area contributed by atoms with Gasteiger partial charge in [0.1, 0.15) is 0 Å². The Morgan fingerprint density at radius 1 is 1.11 bits per heavy atom. The summed E-state index contributed by atoms with van der Waals surface area (Å²) in [5.74, 6) is -0.687. The van der Waals surface area contributed by atoms with E-state index in [1.54, 1.807) is 0 Å². The first-order valence-electron chi connectivity index (χ1n) is 7.02. The van der Waals surface area contributed by atoms with Gasteiger partial charge in [-0.25, -0.2) is 0 Å². The Balaban J connectivity index is 1.68. The number of nitrogens with zero attached hydrogens (tertiary/aromatic N) is 3. The Bertz CT molecular complexity index is 269. The van der Waals surface area contributed by atoms with E-state index in [0.29, 0.717) is 6.54 Å². The van der Waals surface area contributed by atoms with Crippen molar-refractivity contribution in [3.05, 3.63) is 0 Å². The van der Waals surface area contributed by atoms with Gasteiger partial charge in [-0.1, -0.05) is 0 Å². The first kappa shape index (κ1) is 13.8. The van der Waals surface area contributed by atoms with Crippen molar-refractivity contribution in [2.24, 2.45) is 0 Å². The first-order chi connectivity index (χ1) is 8.65. The smallest absolute Gasteiger partial charge is 0.304 e. The van der Waals surface area contributed by atoms with Crippen molar-refractivity contribution >= 4 is 5.97 Å². The summed E-state index contributed by atoms with van der Waals surface area (Å²) in [5.41, 5.74) is 0. The number of hydrogen-bond donors (Lipinski definition) is 1. The molecule has 2 aliphatic rings. The molecule has 0 radical (unpaired) electrons. The van der Waals surface area contributed by atoms with Crippen LogP contribution in [0.15, 0.2) is 0 Å². The Morgan fingerprint density at radius 2 is 1.72 bits per heavy atom. The summed E-state index contributed by atoms with van der Waals surface area (Å²) in [6.07, 6.45) is 2.84. The van der Waals surface area contributed by atoms with E-state index in [9.17, 15) is 4.79 Å². The third-order valence-electron chi connectivity index (χ3n) is 4.25. The fourth-order valence-electron chi connectivity index (χ4n) is 2.97. The molecule has 2 rings (SSSR count). The van der Waals surface area contributed by atoms with Gasteiger partial charge in [0.15, 0.2) is 0 Å². The summed E-state index contributed by atoms with van der Waals surface area (Å²) in [6, 6.07) is 0.753. The highest BCUT2D eigenvalue weighted by Crippen LogP contribution is 2.17. The van der Waals surface area contributed by atoms with Crippen LogP contribution in [-0.2, 0) is 4.79 Å². The maximum atomic E-state index is 10.5. The van der Waals surface area contributed by atoms with E-state index in [1.165, 1.54) is 25.9 Å². The highest BCUT2D eigenvalue weighted by Gasteiger charge is 2.26. The maximum absolute atomic E-state index is 10.5. The van der Waals surface area contributed by atoms with Crippen LogP contribution in [0.25, 0.3) is 0 Å². The Labute approximate surface area is 109 Å². The molecule has 0 aliphatic carbocycles. The van der Waals surface area contributed by atoms with Crippen LogP contribution in [0, 0.1) is 0 Å². The van der Waals surface area contributed by atoms with Crippen LogP contribution in [0.2, 0.25) is 0 Å². The molecule has 2 fully saturated rings. The topological polar surface area (TPSA) is 47.0 Å². The van der Waals surface area contributed by atoms with Crippen molar-refractivity contribution < 1.29 is 9.90 Å². The standard InChI is InChI=1S/C13H25N3O2/c1-14-5-2-12(3-6-14)16-10-8-15(9-11-16)7-4-13(17)18/h12H,2-11H2,1H3,(H,17,18). The van der Waals surface area contributed by atoms with Gasteiger partial charge in [0, 0.05) is 38.8 Å². The van der Waals surface area contributed by atoms with Gasteiger partial charge in [-0.2, -0.15) is 0 Å². The van der Waals surface area contributed by atoms with E-state index >= 15 is 0 Å². The van der Waals surface area contributed by atoms with E-state index in [-0.39, 0.29) is 6.42 Å². The molecule has 104 valence electrons. The normalized spacial score (nSPS) is 25.4. The minimum atomic E-state index is -0.687. The molecule has 2 aliphatic heterocycles. The van der Waals surface area contributed by atoms with E-state index in [4.69, 9.17) is 5.11 Å². The Kier molecular flexibility index (Phi) is 4.97. The molecular weight excluding hydrogens is 230 g/mol. The number of rotatable bonds is 4. The van der Waals surface area contributed by atoms with Gasteiger partial charge < -0.3 is 14.9 Å². The van der Waals surface area contributed by atoms with Crippen molar-refractivity contribution in [2.45, 2.75) is 25.3 Å². The zero-order valence-electron chi connectivity index (χ0n) is 11.3. The number of piperidine rings is 1. The highest BCUT2D eigenvalue weighted by molar-refractivity contribution is 5.66. The van der Waals surface area contributed by atoms with E-state index < -0.39 is 5.97 Å². The predicted octanol–water partition coefficient (Wildman–Crippen LogP) is 0.173. The summed E-state index contributed by atoms with van der Waals surface area (Å²) in [7, 11) is 2.19. The SMILES string of the molecule is CN1CCC(N2CCN(CCC(=O)O)CC2)CC1. The largest absolute Gasteiger partial charge is 0.481 e. The molecule has 18 heavy (non-hydrogen) atoms. The average molecular weight is 255 g/mol. The number of hydrogen-bond acceptors (Lipinski definition) is 4. The summed E-state index contributed by atoms with van der Waals surface area (Å²) >= 11 is 0. The molecule has 0 aromatic heterocycles. The van der Waals surface area contributed by atoms with Crippen molar-refractivity contribution in [2.75, 3.05) is 52.9 Å². The summed E-state index contributed by atoms with van der Waals surface area (Å²) in [4.78, 5) is 17.8. The number of carboxylic acids is 1. The molecule has 2 heterocycles. The van der Waals surface area contributed by atoms with E-state index in [2.05, 4.69) is 21.7 Å². The lowest BCUT2D eigenvalue weighted by Crippen LogP contribution is -2.53. The summed E-state index contributed by atoms with van der Waals surface area (Å²) < 4.78 is 0. The molecule has 0 bridgehead atoms. The molecule has 0 amide bonds. The maximum Gasteiger partial charge on any atom is 0.304 e. The molecule has 0 spiro atoms. The van der Waals surface area contributed by atoms with Crippen molar-refractivity contribution in [1.82, 2.24) is 14.7 Å². The van der Waals surface area contributed by atoms with Crippen LogP contribution in [0.4, 0.5) is 0 Å². The average Bonchev–Trinajstić information content (AvgIpc) is 2.38. The van der Waals surface area contributed by atoms with Crippen LogP contribution in [0.3, 0.4) is 0 Å². The monoisotopic (exact) mass is 255 g/mol. The minimum absolute atomic E-state index is 0.272.